The van der Waals surface area contributed by atoms with Gasteiger partial charge in [0.15, 0.2) is 0 Å². The summed E-state index contributed by atoms with van der Waals surface area (Å²) in [4.78, 5) is 27.4. The van der Waals surface area contributed by atoms with E-state index in [1.807, 2.05) is 12.3 Å². The standard InChI is InChI=1S/C21H18Cl2N2O2S2/c1-10-17(13-7-6-11(22)8-15(13)23)18(19(24)26)21(29-10)25-20(27)14-9-28-16-5-3-2-4-12(14)16/h6-9H,2-5H2,1H3,(H2,24,26)(H,25,27). The van der Waals surface area contributed by atoms with E-state index in [9.17, 15) is 9.59 Å². The van der Waals surface area contributed by atoms with Gasteiger partial charge in [0.2, 0.25) is 0 Å². The predicted molar refractivity (Wildman–Crippen MR) is 122 cm³/mol. The largest absolute Gasteiger partial charge is 0.365 e. The van der Waals surface area contributed by atoms with Crippen molar-refractivity contribution in [2.24, 2.45) is 5.73 Å². The Hall–Kier alpha value is -1.86. The molecule has 29 heavy (non-hydrogen) atoms. The molecule has 8 heteroatoms. The number of halogens is 2. The fourth-order valence-electron chi connectivity index (χ4n) is 3.74. The second-order valence-electron chi connectivity index (χ2n) is 6.94. The van der Waals surface area contributed by atoms with Crippen LogP contribution in [0, 0.1) is 6.92 Å². The van der Waals surface area contributed by atoms with Gasteiger partial charge in [-0.1, -0.05) is 29.3 Å². The Morgan fingerprint density at radius 1 is 1.17 bits per heavy atom. The molecule has 0 unspecified atom stereocenters. The van der Waals surface area contributed by atoms with Crippen LogP contribution in [0.4, 0.5) is 5.00 Å². The molecule has 0 aliphatic heterocycles. The van der Waals surface area contributed by atoms with Crippen molar-refractivity contribution in [2.45, 2.75) is 32.6 Å². The number of carbonyl (C=O) groups is 2. The Morgan fingerprint density at radius 3 is 2.66 bits per heavy atom. The van der Waals surface area contributed by atoms with E-state index in [1.165, 1.54) is 16.2 Å². The van der Waals surface area contributed by atoms with E-state index >= 15 is 0 Å². The molecule has 1 aliphatic rings. The Bertz CT molecular complexity index is 1130. The second kappa shape index (κ2) is 8.11. The molecule has 3 aromatic rings. The number of nitrogens with two attached hydrogens (primary N) is 1. The molecule has 1 aromatic carbocycles. The molecule has 3 N–H and O–H groups in total. The molecule has 0 radical (unpaired) electrons. The van der Waals surface area contributed by atoms with Gasteiger partial charge in [-0.2, -0.15) is 0 Å². The predicted octanol–water partition coefficient (Wildman–Crippen LogP) is 6.32. The summed E-state index contributed by atoms with van der Waals surface area (Å²) in [6.07, 6.45) is 4.19. The first-order valence-corrected chi connectivity index (χ1v) is 11.6. The van der Waals surface area contributed by atoms with Gasteiger partial charge in [-0.25, -0.2) is 0 Å². The molecule has 0 saturated carbocycles. The van der Waals surface area contributed by atoms with Crippen molar-refractivity contribution in [3.8, 4) is 11.1 Å². The highest BCUT2D eigenvalue weighted by molar-refractivity contribution is 7.17. The number of fused-ring (bicyclic) bond motifs is 1. The fourth-order valence-corrected chi connectivity index (χ4v) is 6.44. The van der Waals surface area contributed by atoms with Crippen LogP contribution in [0.3, 0.4) is 0 Å². The maximum absolute atomic E-state index is 13.0. The summed E-state index contributed by atoms with van der Waals surface area (Å²) in [5, 5.41) is 6.20. The summed E-state index contributed by atoms with van der Waals surface area (Å²) in [5.41, 5.74) is 9.09. The van der Waals surface area contributed by atoms with E-state index in [-0.39, 0.29) is 11.5 Å². The SMILES string of the molecule is Cc1sc(NC(=O)c2csc3c2CCCC3)c(C(N)=O)c1-c1ccc(Cl)cc1Cl. The summed E-state index contributed by atoms with van der Waals surface area (Å²) in [6.45, 7) is 1.87. The number of amides is 2. The number of nitrogens with one attached hydrogen (secondary N) is 1. The normalized spacial score (nSPS) is 13.2. The second-order valence-corrected chi connectivity index (χ2v) is 9.97. The highest BCUT2D eigenvalue weighted by Gasteiger charge is 2.26. The molecule has 4 rings (SSSR count). The van der Waals surface area contributed by atoms with Crippen LogP contribution in [0.25, 0.3) is 11.1 Å². The molecule has 0 saturated heterocycles. The number of hydrogen-bond acceptors (Lipinski definition) is 4. The highest BCUT2D eigenvalue weighted by Crippen LogP contribution is 2.43. The number of benzene rings is 1. The number of rotatable bonds is 4. The van der Waals surface area contributed by atoms with Crippen LogP contribution in [0.2, 0.25) is 10.0 Å². The maximum atomic E-state index is 13.0. The Kier molecular flexibility index (Phi) is 5.71. The summed E-state index contributed by atoms with van der Waals surface area (Å²) < 4.78 is 0. The van der Waals surface area contributed by atoms with Crippen molar-refractivity contribution in [1.82, 2.24) is 0 Å². The molecule has 0 bridgehead atoms. The Balaban J connectivity index is 1.74. The van der Waals surface area contributed by atoms with Crippen LogP contribution < -0.4 is 11.1 Å². The van der Waals surface area contributed by atoms with Crippen molar-refractivity contribution >= 4 is 62.7 Å². The van der Waals surface area contributed by atoms with Gasteiger partial charge in [-0.15, -0.1) is 22.7 Å². The topological polar surface area (TPSA) is 72.2 Å². The molecule has 0 spiro atoms. The van der Waals surface area contributed by atoms with Gasteiger partial charge in [0.05, 0.1) is 11.1 Å². The number of aryl methyl sites for hydroxylation is 2. The van der Waals surface area contributed by atoms with Gasteiger partial charge in [0.25, 0.3) is 11.8 Å². The van der Waals surface area contributed by atoms with Gasteiger partial charge in [-0.05, 0) is 50.3 Å². The third-order valence-electron chi connectivity index (χ3n) is 5.06. The third-order valence-corrected chi connectivity index (χ3v) is 7.72. The first-order chi connectivity index (χ1) is 13.9. The smallest absolute Gasteiger partial charge is 0.257 e. The van der Waals surface area contributed by atoms with Gasteiger partial charge >= 0.3 is 0 Å². The van der Waals surface area contributed by atoms with E-state index in [4.69, 9.17) is 28.9 Å². The molecule has 1 aliphatic carbocycles. The average Bonchev–Trinajstić information content (AvgIpc) is 3.23. The zero-order valence-corrected chi connectivity index (χ0v) is 18.7. The summed E-state index contributed by atoms with van der Waals surface area (Å²) >= 11 is 15.3. The van der Waals surface area contributed by atoms with Crippen LogP contribution in [-0.2, 0) is 12.8 Å². The van der Waals surface area contributed by atoms with Crippen LogP contribution in [0.1, 0.15) is 48.9 Å². The maximum Gasteiger partial charge on any atom is 0.257 e. The fraction of sp³-hybridized carbons (Fsp3) is 0.238. The molecule has 2 heterocycles. The van der Waals surface area contributed by atoms with Crippen LogP contribution in [-0.4, -0.2) is 11.8 Å². The van der Waals surface area contributed by atoms with Crippen molar-refractivity contribution in [1.29, 1.82) is 0 Å². The van der Waals surface area contributed by atoms with Crippen molar-refractivity contribution in [2.75, 3.05) is 5.32 Å². The lowest BCUT2D eigenvalue weighted by Gasteiger charge is -2.13. The van der Waals surface area contributed by atoms with Gasteiger partial charge in [0, 0.05) is 36.3 Å². The van der Waals surface area contributed by atoms with E-state index < -0.39 is 5.91 Å². The highest BCUT2D eigenvalue weighted by atomic mass is 35.5. The summed E-state index contributed by atoms with van der Waals surface area (Å²) in [7, 11) is 0. The third kappa shape index (κ3) is 3.82. The van der Waals surface area contributed by atoms with Crippen molar-refractivity contribution < 1.29 is 9.59 Å². The molecule has 150 valence electrons. The van der Waals surface area contributed by atoms with Crippen molar-refractivity contribution in [3.05, 3.63) is 60.1 Å². The lowest BCUT2D eigenvalue weighted by molar-refractivity contribution is 0.100. The van der Waals surface area contributed by atoms with Gasteiger partial charge < -0.3 is 11.1 Å². The molecule has 0 fully saturated rings. The van der Waals surface area contributed by atoms with E-state index in [0.29, 0.717) is 31.7 Å². The van der Waals surface area contributed by atoms with Crippen LogP contribution >= 0.6 is 45.9 Å². The number of anilines is 1. The minimum absolute atomic E-state index is 0.207. The van der Waals surface area contributed by atoms with E-state index in [1.54, 1.807) is 29.5 Å². The van der Waals surface area contributed by atoms with Crippen LogP contribution in [0.5, 0.6) is 0 Å². The minimum Gasteiger partial charge on any atom is -0.365 e. The van der Waals surface area contributed by atoms with Crippen molar-refractivity contribution in [3.63, 3.8) is 0 Å². The quantitative estimate of drug-likeness (QED) is 0.473. The molecular weight excluding hydrogens is 447 g/mol. The summed E-state index contributed by atoms with van der Waals surface area (Å²) in [5.74, 6) is -0.820. The first kappa shape index (κ1) is 20.4. The Morgan fingerprint density at radius 2 is 1.93 bits per heavy atom. The Labute approximate surface area is 186 Å². The van der Waals surface area contributed by atoms with Crippen LogP contribution in [0.15, 0.2) is 23.6 Å². The number of thiophene rings is 2. The number of hydrogen-bond donors (Lipinski definition) is 2. The monoisotopic (exact) mass is 464 g/mol. The molecule has 0 atom stereocenters. The number of primary amides is 1. The lowest BCUT2D eigenvalue weighted by Crippen LogP contribution is -2.18. The van der Waals surface area contributed by atoms with E-state index in [2.05, 4.69) is 5.32 Å². The van der Waals surface area contributed by atoms with E-state index in [0.717, 1.165) is 36.1 Å². The lowest BCUT2D eigenvalue weighted by atomic mass is 9.95. The van der Waals surface area contributed by atoms with Gasteiger partial charge in [-0.3, -0.25) is 9.59 Å². The zero-order chi connectivity index (χ0) is 20.7. The first-order valence-electron chi connectivity index (χ1n) is 9.16. The minimum atomic E-state index is -0.613. The molecule has 2 amide bonds. The average molecular weight is 465 g/mol. The summed E-state index contributed by atoms with van der Waals surface area (Å²) in [6, 6.07) is 5.09. The zero-order valence-electron chi connectivity index (χ0n) is 15.6. The molecule has 2 aromatic heterocycles. The number of carbonyl (C=O) groups excluding carboxylic acids is 2. The molecule has 4 nitrogen and oxygen atoms in total. The van der Waals surface area contributed by atoms with Gasteiger partial charge in [0.1, 0.15) is 5.00 Å². The molecular formula is C21H18Cl2N2O2S2.